The molecule has 0 unspecified atom stereocenters. The number of aldehydes is 1. The van der Waals surface area contributed by atoms with Gasteiger partial charge in [-0.15, -0.1) is 0 Å². The Bertz CT molecular complexity index is 989. The van der Waals surface area contributed by atoms with Gasteiger partial charge in [0.1, 0.15) is 22.5 Å². The molecule has 29 heavy (non-hydrogen) atoms. The van der Waals surface area contributed by atoms with Gasteiger partial charge in [0.15, 0.2) is 9.84 Å². The van der Waals surface area contributed by atoms with Crippen molar-refractivity contribution >= 4 is 27.8 Å². The molecular weight excluding hydrogens is 397 g/mol. The summed E-state index contributed by atoms with van der Waals surface area (Å²) in [7, 11) is -3.71. The third-order valence-corrected chi connectivity index (χ3v) is 8.35. The van der Waals surface area contributed by atoms with E-state index < -0.39 is 37.5 Å². The number of halogens is 1. The lowest BCUT2D eigenvalue weighted by atomic mass is 9.78. The first kappa shape index (κ1) is 21.6. The van der Waals surface area contributed by atoms with Crippen LogP contribution in [0.1, 0.15) is 69.3 Å². The van der Waals surface area contributed by atoms with Crippen molar-refractivity contribution in [2.45, 2.75) is 69.3 Å². The Hall–Kier alpha value is -2.09. The summed E-state index contributed by atoms with van der Waals surface area (Å²) in [6.45, 7) is 6.72. The number of carbonyl (C=O) groups excluding carboxylic acids is 2. The van der Waals surface area contributed by atoms with Gasteiger partial charge in [-0.1, -0.05) is 0 Å². The molecule has 1 fully saturated rings. The fourth-order valence-corrected chi connectivity index (χ4v) is 6.72. The van der Waals surface area contributed by atoms with Gasteiger partial charge in [0.05, 0.1) is 17.7 Å². The number of sulfone groups is 1. The molecule has 0 aromatic heterocycles. The standard InChI is InChI=1S/C21H26FNO5S/c1-19(2,3)28-18(25)11-17-21(8-5-9-21)29(26,27)13-20(4,23-17)15-10-14(12-24)6-7-16(15)22/h6-7,10,12H,5,8-9,11,13H2,1-4H3/t20-/m0/s1. The molecule has 1 spiro atoms. The van der Waals surface area contributed by atoms with Crippen molar-refractivity contribution in [2.75, 3.05) is 5.75 Å². The van der Waals surface area contributed by atoms with Crippen molar-refractivity contribution in [1.82, 2.24) is 0 Å². The molecule has 2 aliphatic rings. The highest BCUT2D eigenvalue weighted by atomic mass is 32.2. The lowest BCUT2D eigenvalue weighted by molar-refractivity contribution is -0.153. The summed E-state index contributed by atoms with van der Waals surface area (Å²) >= 11 is 0. The minimum atomic E-state index is -3.71. The number of benzene rings is 1. The molecule has 6 nitrogen and oxygen atoms in total. The van der Waals surface area contributed by atoms with E-state index >= 15 is 0 Å². The quantitative estimate of drug-likeness (QED) is 0.547. The van der Waals surface area contributed by atoms with Gasteiger partial charge < -0.3 is 4.74 Å². The summed E-state index contributed by atoms with van der Waals surface area (Å²) in [4.78, 5) is 28.3. The zero-order valence-corrected chi connectivity index (χ0v) is 17.9. The van der Waals surface area contributed by atoms with Crippen LogP contribution >= 0.6 is 0 Å². The predicted molar refractivity (Wildman–Crippen MR) is 107 cm³/mol. The highest BCUT2D eigenvalue weighted by Gasteiger charge is 2.58. The van der Waals surface area contributed by atoms with E-state index in [1.54, 1.807) is 20.8 Å². The number of carbonyl (C=O) groups is 2. The highest BCUT2D eigenvalue weighted by Crippen LogP contribution is 2.49. The molecule has 158 valence electrons. The largest absolute Gasteiger partial charge is 0.460 e. The number of ether oxygens (including phenoxy) is 1. The van der Waals surface area contributed by atoms with Crippen molar-refractivity contribution < 1.29 is 27.1 Å². The summed E-state index contributed by atoms with van der Waals surface area (Å²) in [5, 5.41) is 0. The van der Waals surface area contributed by atoms with Crippen LogP contribution in [0, 0.1) is 5.82 Å². The maximum atomic E-state index is 14.6. The fraction of sp³-hybridized carbons (Fsp3) is 0.571. The van der Waals surface area contributed by atoms with Crippen LogP contribution in [-0.4, -0.2) is 42.5 Å². The van der Waals surface area contributed by atoms with E-state index in [1.165, 1.54) is 19.1 Å². The molecule has 0 saturated heterocycles. The first-order chi connectivity index (χ1) is 13.3. The molecule has 3 rings (SSSR count). The molecule has 1 aromatic carbocycles. The van der Waals surface area contributed by atoms with Crippen molar-refractivity contribution in [3.8, 4) is 0 Å². The lowest BCUT2D eigenvalue weighted by Crippen LogP contribution is -2.59. The second-order valence-corrected chi connectivity index (χ2v) is 11.4. The molecule has 1 aliphatic carbocycles. The van der Waals surface area contributed by atoms with Gasteiger partial charge in [-0.25, -0.2) is 12.8 Å². The maximum absolute atomic E-state index is 14.6. The van der Waals surface area contributed by atoms with Crippen LogP contribution in [0.15, 0.2) is 23.2 Å². The van der Waals surface area contributed by atoms with Crippen LogP contribution in [0.2, 0.25) is 0 Å². The van der Waals surface area contributed by atoms with Gasteiger partial charge in [-0.2, -0.15) is 0 Å². The van der Waals surface area contributed by atoms with Crippen molar-refractivity contribution in [3.05, 3.63) is 35.1 Å². The third-order valence-electron chi connectivity index (χ3n) is 5.57. The van der Waals surface area contributed by atoms with E-state index in [4.69, 9.17) is 4.74 Å². The van der Waals surface area contributed by atoms with E-state index in [9.17, 15) is 22.4 Å². The van der Waals surface area contributed by atoms with Crippen LogP contribution in [0.25, 0.3) is 0 Å². The monoisotopic (exact) mass is 423 g/mol. The second-order valence-electron chi connectivity index (χ2n) is 9.06. The zero-order valence-electron chi connectivity index (χ0n) is 17.1. The number of rotatable bonds is 4. The van der Waals surface area contributed by atoms with Crippen LogP contribution in [-0.2, 0) is 24.9 Å². The molecule has 0 radical (unpaired) electrons. The van der Waals surface area contributed by atoms with Gasteiger partial charge in [0, 0.05) is 16.8 Å². The third kappa shape index (κ3) is 3.86. The summed E-state index contributed by atoms with van der Waals surface area (Å²) in [6.07, 6.45) is 1.82. The molecule has 1 aromatic rings. The van der Waals surface area contributed by atoms with E-state index in [-0.39, 0.29) is 29.0 Å². The topological polar surface area (TPSA) is 89.9 Å². The SMILES string of the molecule is CC(C)(C)OC(=O)CC1=N[C@](C)(c2cc(C=O)ccc2F)CS(=O)(=O)C12CCC2. The molecule has 1 atom stereocenters. The highest BCUT2D eigenvalue weighted by molar-refractivity contribution is 7.93. The average molecular weight is 424 g/mol. The Balaban J connectivity index is 2.11. The van der Waals surface area contributed by atoms with Gasteiger partial charge in [0.2, 0.25) is 0 Å². The summed E-state index contributed by atoms with van der Waals surface area (Å²) < 4.78 is 45.4. The molecule has 1 aliphatic heterocycles. The number of hydrogen-bond donors (Lipinski definition) is 0. The van der Waals surface area contributed by atoms with Gasteiger partial charge in [-0.05, 0) is 65.2 Å². The number of hydrogen-bond acceptors (Lipinski definition) is 6. The summed E-state index contributed by atoms with van der Waals surface area (Å²) in [5.41, 5.74) is -1.66. The van der Waals surface area contributed by atoms with E-state index in [0.29, 0.717) is 19.1 Å². The van der Waals surface area contributed by atoms with Crippen molar-refractivity contribution in [3.63, 3.8) is 0 Å². The fourth-order valence-electron chi connectivity index (χ4n) is 4.10. The van der Waals surface area contributed by atoms with E-state index in [0.717, 1.165) is 12.5 Å². The summed E-state index contributed by atoms with van der Waals surface area (Å²) in [6, 6.07) is 3.78. The molecule has 8 heteroatoms. The van der Waals surface area contributed by atoms with Crippen LogP contribution < -0.4 is 0 Å². The maximum Gasteiger partial charge on any atom is 0.312 e. The van der Waals surface area contributed by atoms with Crippen molar-refractivity contribution in [2.24, 2.45) is 4.99 Å². The number of esters is 1. The Labute approximate surface area is 170 Å². The molecule has 0 N–H and O–H groups in total. The Morgan fingerprint density at radius 2 is 1.97 bits per heavy atom. The number of nitrogens with zero attached hydrogens (tertiary/aromatic N) is 1. The van der Waals surface area contributed by atoms with Crippen LogP contribution in [0.5, 0.6) is 0 Å². The van der Waals surface area contributed by atoms with E-state index in [1.807, 2.05) is 0 Å². The van der Waals surface area contributed by atoms with E-state index in [2.05, 4.69) is 4.99 Å². The smallest absolute Gasteiger partial charge is 0.312 e. The zero-order chi connectivity index (χ0) is 21.7. The summed E-state index contributed by atoms with van der Waals surface area (Å²) in [5.74, 6) is -1.58. The molecule has 1 saturated carbocycles. The molecule has 1 heterocycles. The lowest BCUT2D eigenvalue weighted by Gasteiger charge is -2.48. The predicted octanol–water partition coefficient (Wildman–Crippen LogP) is 3.38. The Morgan fingerprint density at radius 3 is 2.48 bits per heavy atom. The molecule has 0 amide bonds. The van der Waals surface area contributed by atoms with Crippen molar-refractivity contribution in [1.29, 1.82) is 0 Å². The Kier molecular flexibility index (Phi) is 5.22. The van der Waals surface area contributed by atoms with Crippen LogP contribution in [0.3, 0.4) is 0 Å². The Morgan fingerprint density at radius 1 is 1.31 bits per heavy atom. The van der Waals surface area contributed by atoms with Gasteiger partial charge >= 0.3 is 5.97 Å². The minimum absolute atomic E-state index is 0.0292. The second kappa shape index (κ2) is 7.00. The molecule has 0 bridgehead atoms. The van der Waals surface area contributed by atoms with Gasteiger partial charge in [0.25, 0.3) is 0 Å². The normalized spacial score (nSPS) is 25.1. The molecular formula is C21H26FNO5S. The first-order valence-electron chi connectivity index (χ1n) is 9.60. The van der Waals surface area contributed by atoms with Gasteiger partial charge in [-0.3, -0.25) is 14.6 Å². The number of aliphatic imine (C=N–C) groups is 1. The average Bonchev–Trinajstić information content (AvgIpc) is 2.50. The first-order valence-corrected chi connectivity index (χ1v) is 11.3. The minimum Gasteiger partial charge on any atom is -0.460 e. The van der Waals surface area contributed by atoms with Crippen LogP contribution in [0.4, 0.5) is 4.39 Å².